The summed E-state index contributed by atoms with van der Waals surface area (Å²) in [6.07, 6.45) is 0.889. The number of rotatable bonds is 3. The maximum Gasteiger partial charge on any atom is 0.289 e. The lowest BCUT2D eigenvalue weighted by Gasteiger charge is -2.20. The minimum atomic E-state index is -3.77. The number of sulfonamides is 1. The molecule has 1 N–H and O–H groups in total. The topological polar surface area (TPSA) is 82.9 Å². The van der Waals surface area contributed by atoms with Crippen LogP contribution >= 0.6 is 0 Å². The molecule has 130 valence electrons. The summed E-state index contributed by atoms with van der Waals surface area (Å²) in [4.78, 5) is 16.4. The number of nitrogens with zero attached hydrogens (tertiary/aromatic N) is 2. The molecule has 1 aliphatic rings. The third-order valence-electron chi connectivity index (χ3n) is 3.50. The van der Waals surface area contributed by atoms with Crippen molar-refractivity contribution in [2.75, 3.05) is 33.2 Å². The number of hydrogen-bond acceptors (Lipinski definition) is 5. The van der Waals surface area contributed by atoms with Gasteiger partial charge >= 0.3 is 0 Å². The molecule has 23 heavy (non-hydrogen) atoms. The zero-order valence-electron chi connectivity index (χ0n) is 14.1. The van der Waals surface area contributed by atoms with Crippen LogP contribution in [0.5, 0.6) is 0 Å². The molecule has 0 spiro atoms. The summed E-state index contributed by atoms with van der Waals surface area (Å²) in [5.41, 5.74) is -0.620. The fraction of sp³-hybridized carbons (Fsp3) is 0.667. The van der Waals surface area contributed by atoms with Gasteiger partial charge < -0.3 is 14.2 Å². The number of carbonyl (C=O) groups is 1. The molecule has 1 fully saturated rings. The van der Waals surface area contributed by atoms with Crippen molar-refractivity contribution < 1.29 is 17.6 Å². The van der Waals surface area contributed by atoms with Crippen molar-refractivity contribution in [1.82, 2.24) is 14.5 Å². The normalized spacial score (nSPS) is 18.0. The summed E-state index contributed by atoms with van der Waals surface area (Å²) in [6, 6.07) is 2.75. The van der Waals surface area contributed by atoms with E-state index < -0.39 is 15.6 Å². The van der Waals surface area contributed by atoms with Gasteiger partial charge in [-0.15, -0.1) is 0 Å². The molecule has 8 heteroatoms. The van der Waals surface area contributed by atoms with Crippen molar-refractivity contribution in [1.29, 1.82) is 0 Å². The zero-order chi connectivity index (χ0) is 17.3. The summed E-state index contributed by atoms with van der Waals surface area (Å²) < 4.78 is 32.3. The predicted octanol–water partition coefficient (Wildman–Crippen LogP) is 1.13. The maximum absolute atomic E-state index is 12.5. The van der Waals surface area contributed by atoms with Crippen LogP contribution in [0.15, 0.2) is 21.6 Å². The molecule has 0 aliphatic carbocycles. The lowest BCUT2D eigenvalue weighted by Crippen LogP contribution is -2.40. The first-order valence-electron chi connectivity index (χ1n) is 7.70. The minimum Gasteiger partial charge on any atom is -0.438 e. The van der Waals surface area contributed by atoms with Crippen LogP contribution in [0.4, 0.5) is 0 Å². The molecule has 2 rings (SSSR count). The Morgan fingerprint density at radius 2 is 1.87 bits per heavy atom. The standard InChI is InChI=1S/C15H25N3O4S/c1-15(2,3)16-23(20,21)13-7-6-12(22-13)14(19)18-9-5-8-17(4)10-11-18/h6-7,16H,5,8-11H2,1-4H3. The summed E-state index contributed by atoms with van der Waals surface area (Å²) in [5, 5.41) is -0.234. The predicted molar refractivity (Wildman–Crippen MR) is 86.8 cm³/mol. The van der Waals surface area contributed by atoms with E-state index >= 15 is 0 Å². The number of hydrogen-bond donors (Lipinski definition) is 1. The van der Waals surface area contributed by atoms with E-state index in [1.165, 1.54) is 12.1 Å². The van der Waals surface area contributed by atoms with Gasteiger partial charge in [-0.3, -0.25) is 4.79 Å². The minimum absolute atomic E-state index is 0.0591. The number of likely N-dealkylation sites (N-methyl/N-ethyl adjacent to an activating group) is 1. The second-order valence-electron chi connectivity index (χ2n) is 6.92. The van der Waals surface area contributed by atoms with Gasteiger partial charge in [0.05, 0.1) is 0 Å². The first-order chi connectivity index (χ1) is 10.6. The van der Waals surface area contributed by atoms with E-state index in [-0.39, 0.29) is 16.8 Å². The van der Waals surface area contributed by atoms with Crippen molar-refractivity contribution in [3.63, 3.8) is 0 Å². The summed E-state index contributed by atoms with van der Waals surface area (Å²) in [7, 11) is -1.76. The van der Waals surface area contributed by atoms with Gasteiger partial charge in [0.2, 0.25) is 5.09 Å². The molecule has 0 atom stereocenters. The Hall–Kier alpha value is -1.38. The molecule has 1 amide bonds. The highest BCUT2D eigenvalue weighted by molar-refractivity contribution is 7.89. The molecule has 0 bridgehead atoms. The average molecular weight is 343 g/mol. The molecule has 1 saturated heterocycles. The van der Waals surface area contributed by atoms with Gasteiger partial charge in [0.1, 0.15) is 0 Å². The summed E-state index contributed by atoms with van der Waals surface area (Å²) >= 11 is 0. The quantitative estimate of drug-likeness (QED) is 0.890. The van der Waals surface area contributed by atoms with E-state index in [9.17, 15) is 13.2 Å². The first-order valence-corrected chi connectivity index (χ1v) is 9.18. The number of furan rings is 1. The van der Waals surface area contributed by atoms with Gasteiger partial charge in [-0.05, 0) is 52.9 Å². The van der Waals surface area contributed by atoms with Crippen LogP contribution < -0.4 is 4.72 Å². The Morgan fingerprint density at radius 3 is 2.52 bits per heavy atom. The van der Waals surface area contributed by atoms with Gasteiger partial charge in [0.25, 0.3) is 15.9 Å². The van der Waals surface area contributed by atoms with Crippen LogP contribution in [0.25, 0.3) is 0 Å². The highest BCUT2D eigenvalue weighted by Crippen LogP contribution is 2.18. The fourth-order valence-corrected chi connectivity index (χ4v) is 3.79. The molecular formula is C15H25N3O4S. The fourth-order valence-electron chi connectivity index (χ4n) is 2.44. The van der Waals surface area contributed by atoms with E-state index in [1.54, 1.807) is 25.7 Å². The molecule has 1 aliphatic heterocycles. The van der Waals surface area contributed by atoms with Crippen LogP contribution in [0.3, 0.4) is 0 Å². The van der Waals surface area contributed by atoms with Gasteiger partial charge in [-0.2, -0.15) is 0 Å². The average Bonchev–Trinajstić information content (AvgIpc) is 2.80. The summed E-state index contributed by atoms with van der Waals surface area (Å²) in [5.74, 6) is -0.207. The monoisotopic (exact) mass is 343 g/mol. The van der Waals surface area contributed by atoms with Crippen molar-refractivity contribution in [3.05, 3.63) is 17.9 Å². The van der Waals surface area contributed by atoms with Crippen LogP contribution in [0.2, 0.25) is 0 Å². The second-order valence-corrected chi connectivity index (χ2v) is 8.54. The highest BCUT2D eigenvalue weighted by Gasteiger charge is 2.28. The van der Waals surface area contributed by atoms with Gasteiger partial charge in [-0.25, -0.2) is 13.1 Å². The van der Waals surface area contributed by atoms with E-state index in [2.05, 4.69) is 9.62 Å². The molecule has 7 nitrogen and oxygen atoms in total. The molecule has 0 saturated carbocycles. The third kappa shape index (κ3) is 4.79. The summed E-state index contributed by atoms with van der Waals surface area (Å²) in [6.45, 7) is 8.22. The SMILES string of the molecule is CN1CCCN(C(=O)c2ccc(S(=O)(=O)NC(C)(C)C)o2)CC1. The Morgan fingerprint density at radius 1 is 1.17 bits per heavy atom. The Bertz CT molecular complexity index is 661. The number of amides is 1. The van der Waals surface area contributed by atoms with Crippen molar-refractivity contribution >= 4 is 15.9 Å². The first kappa shape index (κ1) is 18.0. The number of carbonyl (C=O) groups excluding carboxylic acids is 1. The highest BCUT2D eigenvalue weighted by atomic mass is 32.2. The molecule has 0 radical (unpaired) electrons. The Balaban J connectivity index is 2.14. The maximum atomic E-state index is 12.5. The van der Waals surface area contributed by atoms with E-state index in [4.69, 9.17) is 4.42 Å². The Kier molecular flexibility index (Phi) is 5.17. The molecule has 1 aromatic heterocycles. The molecule has 2 heterocycles. The van der Waals surface area contributed by atoms with E-state index in [1.807, 2.05) is 7.05 Å². The third-order valence-corrected chi connectivity index (χ3v) is 5.13. The van der Waals surface area contributed by atoms with Gasteiger partial charge in [-0.1, -0.05) is 0 Å². The number of nitrogens with one attached hydrogen (secondary N) is 1. The molecule has 0 aromatic carbocycles. The van der Waals surface area contributed by atoms with Crippen LogP contribution in [-0.2, 0) is 10.0 Å². The van der Waals surface area contributed by atoms with Crippen LogP contribution in [0, 0.1) is 0 Å². The smallest absolute Gasteiger partial charge is 0.289 e. The Labute approximate surface area is 137 Å². The van der Waals surface area contributed by atoms with Crippen molar-refractivity contribution in [3.8, 4) is 0 Å². The lowest BCUT2D eigenvalue weighted by atomic mass is 10.1. The van der Waals surface area contributed by atoms with Gasteiger partial charge in [0, 0.05) is 25.2 Å². The van der Waals surface area contributed by atoms with Gasteiger partial charge in [0.15, 0.2) is 5.76 Å². The van der Waals surface area contributed by atoms with E-state index in [0.717, 1.165) is 19.5 Å². The van der Waals surface area contributed by atoms with E-state index in [0.29, 0.717) is 13.1 Å². The van der Waals surface area contributed by atoms with Crippen molar-refractivity contribution in [2.45, 2.75) is 37.8 Å². The molecule has 1 aromatic rings. The zero-order valence-corrected chi connectivity index (χ0v) is 14.9. The largest absolute Gasteiger partial charge is 0.438 e. The lowest BCUT2D eigenvalue weighted by molar-refractivity contribution is 0.0725. The molecular weight excluding hydrogens is 318 g/mol. The second kappa shape index (κ2) is 6.62. The molecule has 0 unspecified atom stereocenters. The van der Waals surface area contributed by atoms with Crippen LogP contribution in [-0.4, -0.2) is 62.9 Å². The van der Waals surface area contributed by atoms with Crippen LogP contribution in [0.1, 0.15) is 37.7 Å². The van der Waals surface area contributed by atoms with Crippen molar-refractivity contribution in [2.24, 2.45) is 0 Å².